The van der Waals surface area contributed by atoms with E-state index in [1.807, 2.05) is 11.6 Å². The van der Waals surface area contributed by atoms with Gasteiger partial charge in [0.1, 0.15) is 0 Å². The molecule has 7 nitrogen and oxygen atoms in total. The molecule has 0 amide bonds. The highest BCUT2D eigenvalue weighted by Gasteiger charge is 2.17. The van der Waals surface area contributed by atoms with Crippen molar-refractivity contribution in [1.29, 1.82) is 0 Å². The van der Waals surface area contributed by atoms with Crippen molar-refractivity contribution in [2.75, 3.05) is 0 Å². The number of nitrogens with zero attached hydrogens (tertiary/aromatic N) is 6. The first-order valence-corrected chi connectivity index (χ1v) is 7.35. The molecule has 2 heterocycles. The summed E-state index contributed by atoms with van der Waals surface area (Å²) in [5.41, 5.74) is 0. The third-order valence-corrected chi connectivity index (χ3v) is 3.89. The molecule has 1 saturated carbocycles. The lowest BCUT2D eigenvalue weighted by Crippen LogP contribution is -2.17. The molecule has 0 unspecified atom stereocenters. The normalized spacial score (nSPS) is 16.6. The highest BCUT2D eigenvalue weighted by atomic mass is 16.5. The van der Waals surface area contributed by atoms with Crippen LogP contribution < -0.4 is 0 Å². The maximum absolute atomic E-state index is 5.11. The van der Waals surface area contributed by atoms with Gasteiger partial charge in [-0.15, -0.1) is 5.10 Å². The van der Waals surface area contributed by atoms with E-state index in [-0.39, 0.29) is 0 Å². The van der Waals surface area contributed by atoms with Crippen LogP contribution in [0.2, 0.25) is 0 Å². The number of aryl methyl sites for hydroxylation is 3. The van der Waals surface area contributed by atoms with Crippen LogP contribution in [-0.2, 0) is 19.4 Å². The van der Waals surface area contributed by atoms with Gasteiger partial charge in [-0.25, -0.2) is 4.68 Å². The second-order valence-corrected chi connectivity index (χ2v) is 5.52. The molecule has 0 aliphatic heterocycles. The number of aromatic nitrogens is 6. The minimum atomic E-state index is 0.648. The molecule has 0 aromatic carbocycles. The zero-order chi connectivity index (χ0) is 13.8. The van der Waals surface area contributed by atoms with Crippen LogP contribution in [-0.4, -0.2) is 30.3 Å². The van der Waals surface area contributed by atoms with Crippen LogP contribution in [0.3, 0.4) is 0 Å². The van der Waals surface area contributed by atoms with Crippen molar-refractivity contribution in [3.8, 4) is 0 Å². The first-order valence-electron chi connectivity index (χ1n) is 7.35. The third-order valence-electron chi connectivity index (χ3n) is 3.89. The Hall–Kier alpha value is -1.79. The highest BCUT2D eigenvalue weighted by Crippen LogP contribution is 2.25. The van der Waals surface area contributed by atoms with Crippen LogP contribution in [0.15, 0.2) is 4.52 Å². The van der Waals surface area contributed by atoms with Crippen LogP contribution in [0.25, 0.3) is 0 Å². The molecule has 1 aliphatic rings. The fraction of sp³-hybridized carbons (Fsp3) is 0.769. The predicted octanol–water partition coefficient (Wildman–Crippen LogP) is 1.73. The van der Waals surface area contributed by atoms with Crippen molar-refractivity contribution >= 4 is 0 Å². The van der Waals surface area contributed by atoms with Gasteiger partial charge in [-0.2, -0.15) is 4.98 Å². The topological polar surface area (TPSA) is 82.5 Å². The van der Waals surface area contributed by atoms with Gasteiger partial charge in [0.25, 0.3) is 0 Å². The van der Waals surface area contributed by atoms with Gasteiger partial charge in [0.15, 0.2) is 11.6 Å². The van der Waals surface area contributed by atoms with E-state index in [1.165, 1.54) is 32.1 Å². The molecule has 2 aromatic rings. The third kappa shape index (κ3) is 3.20. The van der Waals surface area contributed by atoms with E-state index >= 15 is 0 Å². The van der Waals surface area contributed by atoms with Crippen LogP contribution in [0.1, 0.15) is 49.6 Å². The molecule has 7 heteroatoms. The van der Waals surface area contributed by atoms with E-state index in [9.17, 15) is 0 Å². The van der Waals surface area contributed by atoms with Crippen molar-refractivity contribution in [2.24, 2.45) is 5.92 Å². The monoisotopic (exact) mass is 276 g/mol. The van der Waals surface area contributed by atoms with E-state index in [1.54, 1.807) is 0 Å². The average Bonchev–Trinajstić information content (AvgIpc) is 3.07. The van der Waals surface area contributed by atoms with Gasteiger partial charge in [0, 0.05) is 19.4 Å². The molecule has 3 rings (SSSR count). The lowest BCUT2D eigenvalue weighted by molar-refractivity contribution is 0.301. The van der Waals surface area contributed by atoms with Crippen molar-refractivity contribution in [3.05, 3.63) is 17.5 Å². The SMILES string of the molecule is Cc1noc(CCc2nnnn2CC2CCCCC2)n1. The maximum atomic E-state index is 5.11. The van der Waals surface area contributed by atoms with E-state index in [0.717, 1.165) is 24.7 Å². The summed E-state index contributed by atoms with van der Waals surface area (Å²) < 4.78 is 7.06. The smallest absolute Gasteiger partial charge is 0.227 e. The maximum Gasteiger partial charge on any atom is 0.227 e. The number of tetrazole rings is 1. The van der Waals surface area contributed by atoms with Crippen LogP contribution in [0, 0.1) is 12.8 Å². The molecule has 0 radical (unpaired) electrons. The highest BCUT2D eigenvalue weighted by molar-refractivity contribution is 4.89. The number of hydrogen-bond acceptors (Lipinski definition) is 6. The molecule has 1 aliphatic carbocycles. The second kappa shape index (κ2) is 6.11. The fourth-order valence-electron chi connectivity index (χ4n) is 2.82. The molecule has 0 bridgehead atoms. The Morgan fingerprint density at radius 3 is 2.80 bits per heavy atom. The van der Waals surface area contributed by atoms with Gasteiger partial charge in [-0.1, -0.05) is 24.4 Å². The minimum absolute atomic E-state index is 0.648. The summed E-state index contributed by atoms with van der Waals surface area (Å²) in [6.07, 6.45) is 8.06. The minimum Gasteiger partial charge on any atom is -0.339 e. The summed E-state index contributed by atoms with van der Waals surface area (Å²) in [6, 6.07) is 0. The summed E-state index contributed by atoms with van der Waals surface area (Å²) in [7, 11) is 0. The molecule has 20 heavy (non-hydrogen) atoms. The first kappa shape index (κ1) is 13.2. The molecular formula is C13H20N6O. The lowest BCUT2D eigenvalue weighted by Gasteiger charge is -2.21. The van der Waals surface area contributed by atoms with Crippen molar-refractivity contribution < 1.29 is 4.52 Å². The van der Waals surface area contributed by atoms with E-state index in [0.29, 0.717) is 18.1 Å². The van der Waals surface area contributed by atoms with E-state index in [4.69, 9.17) is 4.52 Å². The van der Waals surface area contributed by atoms with Gasteiger partial charge in [0.2, 0.25) is 5.89 Å². The second-order valence-electron chi connectivity index (χ2n) is 5.52. The van der Waals surface area contributed by atoms with Gasteiger partial charge in [0.05, 0.1) is 0 Å². The van der Waals surface area contributed by atoms with Crippen molar-refractivity contribution in [1.82, 2.24) is 30.3 Å². The van der Waals surface area contributed by atoms with Gasteiger partial charge in [-0.3, -0.25) is 0 Å². The zero-order valence-electron chi connectivity index (χ0n) is 11.8. The summed E-state index contributed by atoms with van der Waals surface area (Å²) in [4.78, 5) is 4.20. The standard InChI is InChI=1S/C13H20N6O/c1-10-14-13(20-16-10)8-7-12-15-17-18-19(12)9-11-5-3-2-4-6-11/h11H,2-9H2,1H3. The van der Waals surface area contributed by atoms with Gasteiger partial charge >= 0.3 is 0 Å². The molecule has 2 aromatic heterocycles. The summed E-state index contributed by atoms with van der Waals surface area (Å²) in [5.74, 6) is 2.94. The molecular weight excluding hydrogens is 256 g/mol. The predicted molar refractivity (Wildman–Crippen MR) is 70.8 cm³/mol. The Kier molecular flexibility index (Phi) is 4.03. The molecule has 0 saturated heterocycles. The Morgan fingerprint density at radius 2 is 2.05 bits per heavy atom. The van der Waals surface area contributed by atoms with Gasteiger partial charge in [-0.05, 0) is 36.1 Å². The quantitative estimate of drug-likeness (QED) is 0.827. The summed E-state index contributed by atoms with van der Waals surface area (Å²) in [6.45, 7) is 2.76. The number of rotatable bonds is 5. The average molecular weight is 276 g/mol. The summed E-state index contributed by atoms with van der Waals surface area (Å²) in [5, 5.41) is 15.8. The van der Waals surface area contributed by atoms with E-state index < -0.39 is 0 Å². The van der Waals surface area contributed by atoms with Gasteiger partial charge < -0.3 is 4.52 Å². The zero-order valence-corrected chi connectivity index (χ0v) is 11.8. The van der Waals surface area contributed by atoms with Crippen LogP contribution in [0.5, 0.6) is 0 Å². The lowest BCUT2D eigenvalue weighted by atomic mass is 9.89. The van der Waals surface area contributed by atoms with Crippen molar-refractivity contribution in [2.45, 2.75) is 58.4 Å². The molecule has 0 N–H and O–H groups in total. The van der Waals surface area contributed by atoms with E-state index in [2.05, 4.69) is 25.7 Å². The fourth-order valence-corrected chi connectivity index (χ4v) is 2.82. The Bertz CT molecular complexity index is 543. The Morgan fingerprint density at radius 1 is 1.20 bits per heavy atom. The van der Waals surface area contributed by atoms with Crippen LogP contribution >= 0.6 is 0 Å². The summed E-state index contributed by atoms with van der Waals surface area (Å²) >= 11 is 0. The molecule has 108 valence electrons. The molecule has 0 atom stereocenters. The molecule has 1 fully saturated rings. The first-order chi connectivity index (χ1) is 9.81. The van der Waals surface area contributed by atoms with Crippen LogP contribution in [0.4, 0.5) is 0 Å². The Labute approximate surface area is 117 Å². The largest absolute Gasteiger partial charge is 0.339 e. The number of hydrogen-bond donors (Lipinski definition) is 0. The Balaban J connectivity index is 1.58. The van der Waals surface area contributed by atoms with Crippen molar-refractivity contribution in [3.63, 3.8) is 0 Å². The molecule has 0 spiro atoms.